The van der Waals surface area contributed by atoms with Crippen molar-refractivity contribution in [2.24, 2.45) is 10.2 Å². The summed E-state index contributed by atoms with van der Waals surface area (Å²) >= 11 is 1.51. The Morgan fingerprint density at radius 1 is 1.10 bits per heavy atom. The summed E-state index contributed by atoms with van der Waals surface area (Å²) in [5, 5.41) is 13.1. The number of anilines is 1. The van der Waals surface area contributed by atoms with Crippen molar-refractivity contribution in [3.8, 4) is 17.0 Å². The van der Waals surface area contributed by atoms with Gasteiger partial charge in [-0.05, 0) is 25.5 Å². The van der Waals surface area contributed by atoms with Crippen LogP contribution >= 0.6 is 11.3 Å². The molecule has 0 saturated carbocycles. The second kappa shape index (κ2) is 9.53. The second-order valence-electron chi connectivity index (χ2n) is 6.76. The minimum Gasteiger partial charge on any atom is -0.492 e. The van der Waals surface area contributed by atoms with Gasteiger partial charge in [0.05, 0.1) is 30.2 Å². The molecule has 1 aromatic heterocycles. The van der Waals surface area contributed by atoms with Gasteiger partial charge in [0, 0.05) is 10.9 Å². The molecule has 1 aliphatic rings. The number of hydrazone groups is 2. The summed E-state index contributed by atoms with van der Waals surface area (Å²) in [7, 11) is 0. The number of carbonyl (C=O) groups excluding carboxylic acids is 1. The summed E-state index contributed by atoms with van der Waals surface area (Å²) in [6, 6.07) is 17.5. The fourth-order valence-electron chi connectivity index (χ4n) is 3.15. The van der Waals surface area contributed by atoms with Crippen LogP contribution in [0.1, 0.15) is 25.3 Å². The van der Waals surface area contributed by atoms with E-state index in [4.69, 9.17) is 4.74 Å². The highest BCUT2D eigenvalue weighted by Gasteiger charge is 2.31. The third kappa shape index (κ3) is 4.64. The monoisotopic (exact) mass is 433 g/mol. The maximum atomic E-state index is 13.0. The Hall–Kier alpha value is -3.52. The highest BCUT2D eigenvalue weighted by atomic mass is 32.1. The lowest BCUT2D eigenvalue weighted by Crippen LogP contribution is -2.28. The Morgan fingerprint density at radius 3 is 2.65 bits per heavy atom. The molecule has 2 heterocycles. The molecule has 0 atom stereocenters. The largest absolute Gasteiger partial charge is 0.492 e. The van der Waals surface area contributed by atoms with Crippen LogP contribution in [0.3, 0.4) is 0 Å². The first-order valence-corrected chi connectivity index (χ1v) is 11.0. The fraction of sp³-hybridized carbons (Fsp3) is 0.217. The normalized spacial score (nSPS) is 14.8. The number of benzene rings is 2. The average Bonchev–Trinajstić information content (AvgIpc) is 3.39. The molecule has 2 aromatic carbocycles. The lowest BCUT2D eigenvalue weighted by molar-refractivity contribution is -0.123. The molecule has 31 heavy (non-hydrogen) atoms. The van der Waals surface area contributed by atoms with E-state index in [-0.39, 0.29) is 5.91 Å². The topological polar surface area (TPSA) is 79.2 Å². The van der Waals surface area contributed by atoms with E-state index in [2.05, 4.69) is 20.6 Å². The number of ether oxygens (including phenoxy) is 1. The summed E-state index contributed by atoms with van der Waals surface area (Å²) in [4.78, 5) is 17.6. The number of hydrogen-bond acceptors (Lipinski definition) is 7. The number of hydrogen-bond donors (Lipinski definition) is 1. The molecule has 0 bridgehead atoms. The van der Waals surface area contributed by atoms with Gasteiger partial charge in [0.1, 0.15) is 10.8 Å². The SMILES string of the molecule is CCOc1ccccc1N/N=C1/C(=O)N(Cc2nc(-c3ccccc3)cs2)N=C1CC. The van der Waals surface area contributed by atoms with Crippen LogP contribution in [0, 0.1) is 0 Å². The van der Waals surface area contributed by atoms with Crippen molar-refractivity contribution in [2.75, 3.05) is 12.0 Å². The molecule has 3 aromatic rings. The number of nitrogens with one attached hydrogen (secondary N) is 1. The van der Waals surface area contributed by atoms with Crippen molar-refractivity contribution >= 4 is 34.4 Å². The van der Waals surface area contributed by atoms with E-state index in [1.54, 1.807) is 0 Å². The maximum absolute atomic E-state index is 13.0. The van der Waals surface area contributed by atoms with Crippen LogP contribution in [0.2, 0.25) is 0 Å². The molecule has 0 unspecified atom stereocenters. The van der Waals surface area contributed by atoms with E-state index < -0.39 is 0 Å². The van der Waals surface area contributed by atoms with E-state index in [0.717, 1.165) is 16.3 Å². The van der Waals surface area contributed by atoms with Gasteiger partial charge < -0.3 is 4.74 Å². The zero-order chi connectivity index (χ0) is 21.6. The van der Waals surface area contributed by atoms with Gasteiger partial charge in [-0.1, -0.05) is 49.4 Å². The summed E-state index contributed by atoms with van der Waals surface area (Å²) in [5.74, 6) is 0.442. The van der Waals surface area contributed by atoms with Gasteiger partial charge in [0.2, 0.25) is 0 Å². The number of rotatable bonds is 8. The number of nitrogens with zero attached hydrogens (tertiary/aromatic N) is 4. The van der Waals surface area contributed by atoms with Gasteiger partial charge in [-0.15, -0.1) is 11.3 Å². The number of carbonyl (C=O) groups is 1. The van der Waals surface area contributed by atoms with E-state index in [1.807, 2.05) is 73.8 Å². The summed E-state index contributed by atoms with van der Waals surface area (Å²) in [5.41, 5.74) is 6.57. The molecular formula is C23H23N5O2S. The van der Waals surface area contributed by atoms with Crippen LogP contribution in [0.15, 0.2) is 70.2 Å². The minimum absolute atomic E-state index is 0.241. The van der Waals surface area contributed by atoms with E-state index in [1.165, 1.54) is 16.3 Å². The molecule has 4 rings (SSSR count). The summed E-state index contributed by atoms with van der Waals surface area (Å²) < 4.78 is 5.61. The minimum atomic E-state index is -0.241. The Labute approximate surface area is 185 Å². The Balaban J connectivity index is 1.50. The zero-order valence-corrected chi connectivity index (χ0v) is 18.2. The summed E-state index contributed by atoms with van der Waals surface area (Å²) in [6.07, 6.45) is 0.600. The van der Waals surface area contributed by atoms with Gasteiger partial charge >= 0.3 is 0 Å². The molecule has 0 spiro atoms. The van der Waals surface area contributed by atoms with Crippen LogP contribution in [-0.2, 0) is 11.3 Å². The molecule has 8 heteroatoms. The van der Waals surface area contributed by atoms with Crippen molar-refractivity contribution in [1.29, 1.82) is 0 Å². The number of para-hydroxylation sites is 2. The molecule has 1 aliphatic heterocycles. The van der Waals surface area contributed by atoms with Crippen LogP contribution in [0.4, 0.5) is 5.69 Å². The first-order chi connectivity index (χ1) is 15.2. The quantitative estimate of drug-likeness (QED) is 0.518. The highest BCUT2D eigenvalue weighted by Crippen LogP contribution is 2.25. The van der Waals surface area contributed by atoms with Gasteiger partial charge in [0.15, 0.2) is 5.71 Å². The van der Waals surface area contributed by atoms with E-state index in [0.29, 0.717) is 42.4 Å². The second-order valence-corrected chi connectivity index (χ2v) is 7.70. The van der Waals surface area contributed by atoms with Crippen molar-refractivity contribution in [2.45, 2.75) is 26.8 Å². The number of amides is 1. The molecule has 1 N–H and O–H groups in total. The summed E-state index contributed by atoms with van der Waals surface area (Å²) in [6.45, 7) is 4.73. The van der Waals surface area contributed by atoms with Crippen molar-refractivity contribution in [3.63, 3.8) is 0 Å². The first-order valence-electron chi connectivity index (χ1n) is 10.1. The van der Waals surface area contributed by atoms with Crippen LogP contribution < -0.4 is 10.2 Å². The predicted molar refractivity (Wildman–Crippen MR) is 124 cm³/mol. The van der Waals surface area contributed by atoms with Gasteiger partial charge in [-0.25, -0.2) is 9.99 Å². The van der Waals surface area contributed by atoms with E-state index in [9.17, 15) is 4.79 Å². The van der Waals surface area contributed by atoms with Gasteiger partial charge in [-0.2, -0.15) is 10.2 Å². The van der Waals surface area contributed by atoms with Gasteiger partial charge in [0.25, 0.3) is 5.91 Å². The molecule has 0 fully saturated rings. The number of thiazole rings is 1. The molecular weight excluding hydrogens is 410 g/mol. The third-order valence-corrected chi connectivity index (χ3v) is 5.50. The van der Waals surface area contributed by atoms with E-state index >= 15 is 0 Å². The van der Waals surface area contributed by atoms with Crippen LogP contribution in [0.5, 0.6) is 5.75 Å². The standard InChI is InChI=1S/C23H23N5O2S/c1-3-17-22(26-25-18-12-8-9-13-20(18)30-4-2)23(29)28(27-17)14-21-24-19(15-31-21)16-10-6-5-7-11-16/h5-13,15,25H,3-4,14H2,1-2H3/b26-22+. The third-order valence-electron chi connectivity index (χ3n) is 4.67. The lowest BCUT2D eigenvalue weighted by Gasteiger charge is -2.10. The molecule has 7 nitrogen and oxygen atoms in total. The smallest absolute Gasteiger partial charge is 0.296 e. The van der Waals surface area contributed by atoms with Crippen molar-refractivity contribution in [1.82, 2.24) is 9.99 Å². The van der Waals surface area contributed by atoms with Crippen molar-refractivity contribution in [3.05, 3.63) is 65.0 Å². The predicted octanol–water partition coefficient (Wildman–Crippen LogP) is 4.79. The Kier molecular flexibility index (Phi) is 6.37. The first kappa shape index (κ1) is 20.7. The Bertz CT molecular complexity index is 1120. The fourth-order valence-corrected chi connectivity index (χ4v) is 3.94. The van der Waals surface area contributed by atoms with Crippen LogP contribution in [0.25, 0.3) is 11.3 Å². The van der Waals surface area contributed by atoms with Crippen LogP contribution in [-0.4, -0.2) is 33.9 Å². The zero-order valence-electron chi connectivity index (χ0n) is 17.4. The molecule has 1 amide bonds. The van der Waals surface area contributed by atoms with Crippen molar-refractivity contribution < 1.29 is 9.53 Å². The lowest BCUT2D eigenvalue weighted by atomic mass is 10.2. The van der Waals surface area contributed by atoms with Gasteiger partial charge in [-0.3, -0.25) is 10.2 Å². The average molecular weight is 434 g/mol. The number of aromatic nitrogens is 1. The molecule has 0 radical (unpaired) electrons. The Morgan fingerprint density at radius 2 is 1.87 bits per heavy atom. The highest BCUT2D eigenvalue weighted by molar-refractivity contribution is 7.10. The molecule has 0 saturated heterocycles. The maximum Gasteiger partial charge on any atom is 0.296 e. The molecule has 158 valence electrons. The molecule has 0 aliphatic carbocycles.